The second kappa shape index (κ2) is 1.82. The third-order valence-corrected chi connectivity index (χ3v) is 1.49. The van der Waals surface area contributed by atoms with Gasteiger partial charge in [0, 0.05) is 0 Å². The van der Waals surface area contributed by atoms with Crippen LogP contribution in [0, 0.1) is 0 Å². The van der Waals surface area contributed by atoms with Gasteiger partial charge >= 0.3 is 61.0 Å². The molecule has 2 heteroatoms. The van der Waals surface area contributed by atoms with Crippen molar-refractivity contribution in [2.75, 3.05) is 0 Å². The van der Waals surface area contributed by atoms with Crippen LogP contribution in [0.25, 0.3) is 0 Å². The molecule has 1 nitrogen and oxygen atoms in total. The SMILES string of the molecule is CC1=N[C](C)([Ti])C=C1. The predicted octanol–water partition coefficient (Wildman–Crippen LogP) is 1.28. The van der Waals surface area contributed by atoms with Crippen LogP contribution in [0.1, 0.15) is 13.8 Å². The van der Waals surface area contributed by atoms with Gasteiger partial charge in [-0.25, -0.2) is 0 Å². The Labute approximate surface area is 61.3 Å². The van der Waals surface area contributed by atoms with E-state index in [1.54, 1.807) is 0 Å². The summed E-state index contributed by atoms with van der Waals surface area (Å²) >= 11 is 2.10. The van der Waals surface area contributed by atoms with Crippen LogP contribution in [0.3, 0.4) is 0 Å². The van der Waals surface area contributed by atoms with E-state index in [0.717, 1.165) is 5.71 Å². The van der Waals surface area contributed by atoms with E-state index in [-0.39, 0.29) is 3.84 Å². The molecule has 0 amide bonds. The molecule has 1 rings (SSSR count). The molecule has 41 valence electrons. The zero-order valence-electron chi connectivity index (χ0n) is 5.10. The Kier molecular flexibility index (Phi) is 1.42. The zero-order valence-corrected chi connectivity index (χ0v) is 6.66. The van der Waals surface area contributed by atoms with Crippen molar-refractivity contribution in [3.05, 3.63) is 12.2 Å². The molecule has 1 aliphatic heterocycles. The molecule has 0 spiro atoms. The van der Waals surface area contributed by atoms with Crippen LogP contribution >= 0.6 is 0 Å². The molecule has 0 fully saturated rings. The Hall–Kier alpha value is 0.124. The van der Waals surface area contributed by atoms with Gasteiger partial charge in [0.05, 0.1) is 0 Å². The van der Waals surface area contributed by atoms with E-state index >= 15 is 0 Å². The first kappa shape index (κ1) is 6.25. The predicted molar refractivity (Wildman–Crippen MR) is 30.7 cm³/mol. The van der Waals surface area contributed by atoms with Gasteiger partial charge in [-0.05, 0) is 0 Å². The number of nitrogens with zero attached hydrogens (tertiary/aromatic N) is 1. The van der Waals surface area contributed by atoms with Crippen LogP contribution in [0.5, 0.6) is 0 Å². The number of allylic oxidation sites excluding steroid dienone is 1. The van der Waals surface area contributed by atoms with Crippen LogP contribution in [0.2, 0.25) is 0 Å². The van der Waals surface area contributed by atoms with Gasteiger partial charge in [-0.15, -0.1) is 0 Å². The summed E-state index contributed by atoms with van der Waals surface area (Å²) in [5, 5.41) is 0. The summed E-state index contributed by atoms with van der Waals surface area (Å²) in [7, 11) is 0. The van der Waals surface area contributed by atoms with Gasteiger partial charge in [0.15, 0.2) is 0 Å². The van der Waals surface area contributed by atoms with Gasteiger partial charge in [0.25, 0.3) is 0 Å². The Morgan fingerprint density at radius 1 is 1.75 bits per heavy atom. The van der Waals surface area contributed by atoms with E-state index in [4.69, 9.17) is 0 Å². The number of aliphatic imine (C=N–C) groups is 1. The van der Waals surface area contributed by atoms with E-state index < -0.39 is 0 Å². The summed E-state index contributed by atoms with van der Waals surface area (Å²) in [6, 6.07) is 0. The monoisotopic (exact) mass is 142 g/mol. The van der Waals surface area contributed by atoms with Crippen molar-refractivity contribution >= 4 is 5.71 Å². The first-order valence-corrected chi connectivity index (χ1v) is 3.39. The second-order valence-electron chi connectivity index (χ2n) is 2.23. The fraction of sp³-hybridized carbons (Fsp3) is 0.500. The Balaban J connectivity index is 2.84. The van der Waals surface area contributed by atoms with Crippen molar-refractivity contribution in [2.24, 2.45) is 4.99 Å². The van der Waals surface area contributed by atoms with E-state index in [9.17, 15) is 0 Å². The molecule has 0 saturated carbocycles. The molecule has 0 saturated heterocycles. The van der Waals surface area contributed by atoms with E-state index in [2.05, 4.69) is 44.5 Å². The fourth-order valence-electron chi connectivity index (χ4n) is 0.724. The number of hydrogen-bond acceptors (Lipinski definition) is 1. The van der Waals surface area contributed by atoms with Crippen molar-refractivity contribution in [3.8, 4) is 0 Å². The van der Waals surface area contributed by atoms with Crippen molar-refractivity contribution in [1.82, 2.24) is 0 Å². The summed E-state index contributed by atoms with van der Waals surface area (Å²) in [4.78, 5) is 4.33. The molecular weight excluding hydrogens is 134 g/mol. The maximum absolute atomic E-state index is 4.33. The minimum absolute atomic E-state index is 0.0735. The minimum atomic E-state index is 0.0735. The molecule has 0 radical (unpaired) electrons. The zero-order chi connectivity index (χ0) is 6.20. The van der Waals surface area contributed by atoms with E-state index in [1.165, 1.54) is 0 Å². The molecule has 0 aliphatic carbocycles. The molecule has 0 aromatic carbocycles. The average molecular weight is 142 g/mol. The van der Waals surface area contributed by atoms with E-state index in [1.807, 2.05) is 6.92 Å². The number of hydrogen-bond donors (Lipinski definition) is 0. The quantitative estimate of drug-likeness (QED) is 0.451. The molecule has 0 N–H and O–H groups in total. The van der Waals surface area contributed by atoms with Crippen molar-refractivity contribution in [2.45, 2.75) is 17.7 Å². The van der Waals surface area contributed by atoms with Gasteiger partial charge in [-0.3, -0.25) is 0 Å². The van der Waals surface area contributed by atoms with Gasteiger partial charge in [-0.1, -0.05) is 0 Å². The number of rotatable bonds is 0. The van der Waals surface area contributed by atoms with Crippen LogP contribution in [0.15, 0.2) is 17.1 Å². The second-order valence-corrected chi connectivity index (χ2v) is 3.81. The molecular formula is C6H8NTi. The summed E-state index contributed by atoms with van der Waals surface area (Å²) in [5.74, 6) is 0. The molecule has 1 atom stereocenters. The van der Waals surface area contributed by atoms with Gasteiger partial charge < -0.3 is 0 Å². The Morgan fingerprint density at radius 2 is 2.38 bits per heavy atom. The van der Waals surface area contributed by atoms with Crippen molar-refractivity contribution in [1.29, 1.82) is 0 Å². The topological polar surface area (TPSA) is 12.4 Å². The third-order valence-electron chi connectivity index (χ3n) is 1.06. The first-order chi connectivity index (χ1) is 3.60. The summed E-state index contributed by atoms with van der Waals surface area (Å²) in [5.41, 5.74) is 1.13. The summed E-state index contributed by atoms with van der Waals surface area (Å²) in [6.07, 6.45) is 4.17. The maximum atomic E-state index is 4.33. The fourth-order valence-corrected chi connectivity index (χ4v) is 1.13. The normalized spacial score (nSPS) is 35.4. The van der Waals surface area contributed by atoms with Gasteiger partial charge in [-0.2, -0.15) is 0 Å². The molecule has 0 bridgehead atoms. The van der Waals surface area contributed by atoms with Crippen molar-refractivity contribution < 1.29 is 20.4 Å². The third kappa shape index (κ3) is 1.30. The summed E-state index contributed by atoms with van der Waals surface area (Å²) < 4.78 is 0.0735. The average Bonchev–Trinajstić information content (AvgIpc) is 1.82. The standard InChI is InChI=1S/C6H8N.Ti/c1-5-3-4-6(2)7-5;/h3-4H,1-2H3;. The molecule has 8 heavy (non-hydrogen) atoms. The molecule has 1 aliphatic rings. The van der Waals surface area contributed by atoms with Crippen LogP contribution < -0.4 is 0 Å². The van der Waals surface area contributed by atoms with Gasteiger partial charge in [0.2, 0.25) is 0 Å². The molecule has 0 aromatic rings. The van der Waals surface area contributed by atoms with Crippen molar-refractivity contribution in [3.63, 3.8) is 0 Å². The van der Waals surface area contributed by atoms with Crippen LogP contribution in [0.4, 0.5) is 0 Å². The Morgan fingerprint density at radius 3 is 2.50 bits per heavy atom. The van der Waals surface area contributed by atoms with Gasteiger partial charge in [0.1, 0.15) is 0 Å². The molecule has 0 aromatic heterocycles. The van der Waals surface area contributed by atoms with Crippen LogP contribution in [-0.2, 0) is 20.4 Å². The Bertz CT molecular complexity index is 156. The first-order valence-electron chi connectivity index (χ1n) is 2.61. The van der Waals surface area contributed by atoms with Crippen LogP contribution in [-0.4, -0.2) is 9.56 Å². The van der Waals surface area contributed by atoms with E-state index in [0.29, 0.717) is 0 Å². The summed E-state index contributed by atoms with van der Waals surface area (Å²) in [6.45, 7) is 4.12. The molecule has 1 unspecified atom stereocenters. The molecule has 1 heterocycles.